The van der Waals surface area contributed by atoms with Crippen molar-refractivity contribution >= 4 is 38.8 Å². The van der Waals surface area contributed by atoms with Gasteiger partial charge in [0.15, 0.2) is 0 Å². The SMILES string of the molecule is Cc1ccc(C)c(Nc2ccc(NS(=O)(=O)c3ccc(Cl)cc3)nc2)c1. The number of sulfonamides is 1. The molecule has 1 aromatic heterocycles. The minimum Gasteiger partial charge on any atom is -0.354 e. The third-order valence-corrected chi connectivity index (χ3v) is 5.42. The van der Waals surface area contributed by atoms with Gasteiger partial charge >= 0.3 is 0 Å². The van der Waals surface area contributed by atoms with Crippen LogP contribution < -0.4 is 10.0 Å². The van der Waals surface area contributed by atoms with Gasteiger partial charge in [0.05, 0.1) is 16.8 Å². The smallest absolute Gasteiger partial charge is 0.263 e. The highest BCUT2D eigenvalue weighted by Crippen LogP contribution is 2.23. The lowest BCUT2D eigenvalue weighted by molar-refractivity contribution is 0.601. The number of nitrogens with zero attached hydrogens (tertiary/aromatic N) is 1. The molecule has 26 heavy (non-hydrogen) atoms. The molecule has 0 fully saturated rings. The second-order valence-corrected chi connectivity index (χ2v) is 8.05. The molecule has 7 heteroatoms. The number of hydrogen-bond donors (Lipinski definition) is 2. The summed E-state index contributed by atoms with van der Waals surface area (Å²) >= 11 is 5.79. The lowest BCUT2D eigenvalue weighted by atomic mass is 10.1. The first kappa shape index (κ1) is 18.2. The molecule has 0 radical (unpaired) electrons. The number of hydrogen-bond acceptors (Lipinski definition) is 4. The number of benzene rings is 2. The number of aromatic nitrogens is 1. The summed E-state index contributed by atoms with van der Waals surface area (Å²) in [5.41, 5.74) is 4.02. The van der Waals surface area contributed by atoms with Gasteiger partial charge < -0.3 is 5.32 Å². The Balaban J connectivity index is 1.75. The highest BCUT2D eigenvalue weighted by molar-refractivity contribution is 7.92. The van der Waals surface area contributed by atoms with Crippen LogP contribution in [0.15, 0.2) is 65.7 Å². The normalized spacial score (nSPS) is 11.2. The minimum absolute atomic E-state index is 0.126. The van der Waals surface area contributed by atoms with Crippen LogP contribution in [0.3, 0.4) is 0 Å². The molecule has 0 aliphatic rings. The van der Waals surface area contributed by atoms with Crippen molar-refractivity contribution in [2.45, 2.75) is 18.7 Å². The Labute approximate surface area is 158 Å². The van der Waals surface area contributed by atoms with Crippen LogP contribution >= 0.6 is 11.6 Å². The van der Waals surface area contributed by atoms with Crippen molar-refractivity contribution in [2.24, 2.45) is 0 Å². The van der Waals surface area contributed by atoms with Gasteiger partial charge in [0, 0.05) is 10.7 Å². The van der Waals surface area contributed by atoms with E-state index < -0.39 is 10.0 Å². The number of anilines is 3. The molecule has 0 spiro atoms. The van der Waals surface area contributed by atoms with E-state index >= 15 is 0 Å². The molecule has 0 aliphatic heterocycles. The first-order chi connectivity index (χ1) is 12.3. The predicted octanol–water partition coefficient (Wildman–Crippen LogP) is 4.90. The molecule has 0 saturated heterocycles. The Morgan fingerprint density at radius 1 is 0.962 bits per heavy atom. The maximum Gasteiger partial charge on any atom is 0.263 e. The van der Waals surface area contributed by atoms with E-state index in [1.54, 1.807) is 18.3 Å². The molecule has 3 rings (SSSR count). The Hall–Kier alpha value is -2.57. The zero-order valence-electron chi connectivity index (χ0n) is 14.3. The molecule has 0 saturated carbocycles. The van der Waals surface area contributed by atoms with E-state index in [-0.39, 0.29) is 10.7 Å². The second-order valence-electron chi connectivity index (χ2n) is 5.93. The third-order valence-electron chi connectivity index (χ3n) is 3.80. The van der Waals surface area contributed by atoms with E-state index in [2.05, 4.69) is 15.0 Å². The molecule has 2 N–H and O–H groups in total. The zero-order chi connectivity index (χ0) is 18.7. The molecule has 0 aliphatic carbocycles. The van der Waals surface area contributed by atoms with E-state index in [1.165, 1.54) is 24.3 Å². The van der Waals surface area contributed by atoms with Crippen LogP contribution in [0.25, 0.3) is 0 Å². The van der Waals surface area contributed by atoms with Gasteiger partial charge in [0.2, 0.25) is 0 Å². The van der Waals surface area contributed by atoms with Crippen LogP contribution in [0.5, 0.6) is 0 Å². The Morgan fingerprint density at radius 3 is 2.35 bits per heavy atom. The van der Waals surface area contributed by atoms with Crippen LogP contribution in [0.2, 0.25) is 5.02 Å². The molecule has 3 aromatic rings. The molecule has 0 bridgehead atoms. The Kier molecular flexibility index (Phi) is 5.15. The maximum atomic E-state index is 12.4. The number of aryl methyl sites for hydroxylation is 2. The summed E-state index contributed by atoms with van der Waals surface area (Å²) in [5, 5.41) is 3.76. The van der Waals surface area contributed by atoms with Crippen molar-refractivity contribution in [3.05, 3.63) is 76.9 Å². The Morgan fingerprint density at radius 2 is 1.69 bits per heavy atom. The highest BCUT2D eigenvalue weighted by Gasteiger charge is 2.14. The van der Waals surface area contributed by atoms with Crippen molar-refractivity contribution in [3.63, 3.8) is 0 Å². The topological polar surface area (TPSA) is 71.1 Å². The summed E-state index contributed by atoms with van der Waals surface area (Å²) in [6, 6.07) is 15.5. The second kappa shape index (κ2) is 7.35. The average molecular weight is 388 g/mol. The van der Waals surface area contributed by atoms with E-state index in [9.17, 15) is 8.42 Å². The standard InChI is InChI=1S/C19H18ClN3O2S/c1-13-3-4-14(2)18(11-13)22-16-7-10-19(21-12-16)23-26(24,25)17-8-5-15(20)6-9-17/h3-12,22H,1-2H3,(H,21,23). The molecular weight excluding hydrogens is 370 g/mol. The number of rotatable bonds is 5. The quantitative estimate of drug-likeness (QED) is 0.653. The van der Waals surface area contributed by atoms with Crippen molar-refractivity contribution in [3.8, 4) is 0 Å². The molecule has 5 nitrogen and oxygen atoms in total. The highest BCUT2D eigenvalue weighted by atomic mass is 35.5. The zero-order valence-corrected chi connectivity index (χ0v) is 15.9. The first-order valence-corrected chi connectivity index (χ1v) is 9.78. The van der Waals surface area contributed by atoms with Crippen molar-refractivity contribution in [2.75, 3.05) is 10.0 Å². The van der Waals surface area contributed by atoms with E-state index in [4.69, 9.17) is 11.6 Å². The first-order valence-electron chi connectivity index (χ1n) is 7.92. The lowest BCUT2D eigenvalue weighted by Crippen LogP contribution is -2.13. The van der Waals surface area contributed by atoms with Gasteiger partial charge in [-0.3, -0.25) is 4.72 Å². The lowest BCUT2D eigenvalue weighted by Gasteiger charge is -2.11. The van der Waals surface area contributed by atoms with Gasteiger partial charge in [0.1, 0.15) is 5.82 Å². The van der Waals surface area contributed by atoms with E-state index in [1.807, 2.05) is 32.0 Å². The largest absolute Gasteiger partial charge is 0.354 e. The van der Waals surface area contributed by atoms with Crippen molar-refractivity contribution in [1.29, 1.82) is 0 Å². The number of pyridine rings is 1. The molecular formula is C19H18ClN3O2S. The molecule has 0 unspecified atom stereocenters. The van der Waals surface area contributed by atoms with Crippen molar-refractivity contribution < 1.29 is 8.42 Å². The van der Waals surface area contributed by atoms with Crippen LogP contribution in [-0.4, -0.2) is 13.4 Å². The fourth-order valence-electron chi connectivity index (χ4n) is 2.36. The summed E-state index contributed by atoms with van der Waals surface area (Å²) in [7, 11) is -3.71. The number of nitrogens with one attached hydrogen (secondary N) is 2. The van der Waals surface area contributed by atoms with Gasteiger partial charge in [-0.25, -0.2) is 13.4 Å². The molecule has 2 aromatic carbocycles. The van der Waals surface area contributed by atoms with E-state index in [0.717, 1.165) is 22.5 Å². The molecule has 134 valence electrons. The predicted molar refractivity (Wildman–Crippen MR) is 106 cm³/mol. The van der Waals surface area contributed by atoms with Gasteiger partial charge in [-0.05, 0) is 67.4 Å². The monoisotopic (exact) mass is 387 g/mol. The Bertz CT molecular complexity index is 1020. The summed E-state index contributed by atoms with van der Waals surface area (Å²) < 4.78 is 27.2. The van der Waals surface area contributed by atoms with Crippen molar-refractivity contribution in [1.82, 2.24) is 4.98 Å². The molecule has 0 amide bonds. The van der Waals surface area contributed by atoms with Gasteiger partial charge in [-0.2, -0.15) is 0 Å². The summed E-state index contributed by atoms with van der Waals surface area (Å²) in [5.74, 6) is 0.242. The van der Waals surface area contributed by atoms with Crippen LogP contribution in [-0.2, 0) is 10.0 Å². The van der Waals surface area contributed by atoms with Gasteiger partial charge in [0.25, 0.3) is 10.0 Å². The molecule has 1 heterocycles. The summed E-state index contributed by atoms with van der Waals surface area (Å²) in [4.78, 5) is 4.30. The third kappa shape index (κ3) is 4.33. The molecule has 0 atom stereocenters. The number of halogens is 1. The van der Waals surface area contributed by atoms with Gasteiger partial charge in [-0.1, -0.05) is 23.7 Å². The van der Waals surface area contributed by atoms with Crippen LogP contribution in [0.4, 0.5) is 17.2 Å². The van der Waals surface area contributed by atoms with E-state index in [0.29, 0.717) is 5.02 Å². The van der Waals surface area contributed by atoms with Gasteiger partial charge in [-0.15, -0.1) is 0 Å². The van der Waals surface area contributed by atoms with Crippen LogP contribution in [0, 0.1) is 13.8 Å². The fourth-order valence-corrected chi connectivity index (χ4v) is 3.50. The van der Waals surface area contributed by atoms with Crippen LogP contribution in [0.1, 0.15) is 11.1 Å². The minimum atomic E-state index is -3.71. The summed E-state index contributed by atoms with van der Waals surface area (Å²) in [6.45, 7) is 4.04. The fraction of sp³-hybridized carbons (Fsp3) is 0.105. The summed E-state index contributed by atoms with van der Waals surface area (Å²) in [6.07, 6.45) is 1.58. The maximum absolute atomic E-state index is 12.4. The average Bonchev–Trinajstić information content (AvgIpc) is 2.60.